The summed E-state index contributed by atoms with van der Waals surface area (Å²) < 4.78 is 17.5. The zero-order chi connectivity index (χ0) is 18.8. The van der Waals surface area contributed by atoms with Crippen molar-refractivity contribution < 1.29 is 9.29 Å². The average Bonchev–Trinajstić information content (AvgIpc) is 2.87. The molecule has 0 bridgehead atoms. The second-order valence-electron chi connectivity index (χ2n) is 6.89. The lowest BCUT2D eigenvalue weighted by atomic mass is 10.1. The Labute approximate surface area is 158 Å². The first-order valence-electron chi connectivity index (χ1n) is 8.62. The van der Waals surface area contributed by atoms with E-state index < -0.39 is 0 Å². The number of nitrogens with zero attached hydrogens (tertiary/aromatic N) is 3. The third-order valence-electron chi connectivity index (χ3n) is 4.55. The van der Waals surface area contributed by atoms with Gasteiger partial charge in [-0.2, -0.15) is 4.68 Å². The Hall–Kier alpha value is -2.31. The van der Waals surface area contributed by atoms with Gasteiger partial charge in [-0.3, -0.25) is 0 Å². The van der Waals surface area contributed by atoms with E-state index in [0.29, 0.717) is 11.4 Å². The summed E-state index contributed by atoms with van der Waals surface area (Å²) in [6.07, 6.45) is 0. The van der Waals surface area contributed by atoms with E-state index in [-0.39, 0.29) is 5.82 Å². The second-order valence-corrected chi connectivity index (χ2v) is 7.26. The molecule has 0 saturated carbocycles. The normalized spacial score (nSPS) is 12.3. The quantitative estimate of drug-likeness (QED) is 0.698. The monoisotopic (exact) mass is 371 g/mol. The number of aromatic nitrogens is 3. The van der Waals surface area contributed by atoms with Gasteiger partial charge in [0.25, 0.3) is 0 Å². The summed E-state index contributed by atoms with van der Waals surface area (Å²) in [5, 5.41) is 4.66. The predicted molar refractivity (Wildman–Crippen MR) is 104 cm³/mol. The third-order valence-corrected chi connectivity index (χ3v) is 5.04. The Morgan fingerprint density at radius 2 is 1.81 bits per heavy atom. The van der Waals surface area contributed by atoms with Crippen LogP contribution in [0, 0.1) is 24.4 Å². The molecule has 1 unspecified atom stereocenters. The molecule has 0 saturated heterocycles. The predicted octanol–water partition coefficient (Wildman–Crippen LogP) is 3.05. The highest BCUT2D eigenvalue weighted by Gasteiger charge is 2.14. The van der Waals surface area contributed by atoms with Gasteiger partial charge in [0.1, 0.15) is 12.4 Å². The molecule has 26 heavy (non-hydrogen) atoms. The smallest absolute Gasteiger partial charge is 0.202 e. The fourth-order valence-electron chi connectivity index (χ4n) is 3.12. The van der Waals surface area contributed by atoms with Crippen LogP contribution in [0.5, 0.6) is 0 Å². The van der Waals surface area contributed by atoms with Crippen molar-refractivity contribution in [2.45, 2.75) is 27.1 Å². The van der Waals surface area contributed by atoms with Crippen molar-refractivity contribution in [3.63, 3.8) is 0 Å². The van der Waals surface area contributed by atoms with E-state index in [1.54, 1.807) is 12.1 Å². The Bertz CT molecular complexity index is 972. The van der Waals surface area contributed by atoms with Crippen LogP contribution in [0.15, 0.2) is 42.5 Å². The van der Waals surface area contributed by atoms with Gasteiger partial charge in [-0.15, -0.1) is 5.10 Å². The van der Waals surface area contributed by atoms with Gasteiger partial charge in [0, 0.05) is 18.2 Å². The van der Waals surface area contributed by atoms with Crippen LogP contribution >= 0.6 is 12.2 Å². The van der Waals surface area contributed by atoms with Crippen LogP contribution in [0.4, 0.5) is 4.39 Å². The summed E-state index contributed by atoms with van der Waals surface area (Å²) in [7, 11) is 4.03. The molecule has 1 heterocycles. The maximum Gasteiger partial charge on any atom is 0.202 e. The molecule has 0 spiro atoms. The summed E-state index contributed by atoms with van der Waals surface area (Å²) >= 11 is 5.54. The van der Waals surface area contributed by atoms with Crippen LogP contribution < -0.4 is 4.90 Å². The SMILES string of the molecule is Cc1ccc(C[NH+](C)Cn2nc(-c3ccc(F)cc3)n(C)c2=S)c(C)c1. The van der Waals surface area contributed by atoms with Gasteiger partial charge in [-0.05, 0) is 55.9 Å². The molecule has 0 aliphatic rings. The first-order valence-corrected chi connectivity index (χ1v) is 9.03. The molecule has 2 aromatic carbocycles. The van der Waals surface area contributed by atoms with E-state index in [2.05, 4.69) is 44.2 Å². The highest BCUT2D eigenvalue weighted by Crippen LogP contribution is 2.17. The maximum absolute atomic E-state index is 13.2. The van der Waals surface area contributed by atoms with Crippen LogP contribution in [0.25, 0.3) is 11.4 Å². The minimum absolute atomic E-state index is 0.257. The lowest BCUT2D eigenvalue weighted by molar-refractivity contribution is -0.917. The number of hydrogen-bond acceptors (Lipinski definition) is 2. The summed E-state index contributed by atoms with van der Waals surface area (Å²) in [4.78, 5) is 1.29. The van der Waals surface area contributed by atoms with Crippen molar-refractivity contribution in [2.75, 3.05) is 7.05 Å². The van der Waals surface area contributed by atoms with Crippen molar-refractivity contribution in [3.05, 3.63) is 69.7 Å². The highest BCUT2D eigenvalue weighted by molar-refractivity contribution is 7.71. The number of rotatable bonds is 5. The van der Waals surface area contributed by atoms with E-state index in [1.165, 1.54) is 33.7 Å². The summed E-state index contributed by atoms with van der Waals surface area (Å²) in [5.41, 5.74) is 4.76. The van der Waals surface area contributed by atoms with E-state index in [9.17, 15) is 4.39 Å². The van der Waals surface area contributed by atoms with Crippen molar-refractivity contribution in [1.82, 2.24) is 14.3 Å². The Morgan fingerprint density at radius 3 is 2.46 bits per heavy atom. The molecule has 3 aromatic rings. The fraction of sp³-hybridized carbons (Fsp3) is 0.300. The average molecular weight is 372 g/mol. The molecule has 6 heteroatoms. The summed E-state index contributed by atoms with van der Waals surface area (Å²) in [5.74, 6) is 0.487. The van der Waals surface area contributed by atoms with Crippen LogP contribution in [0.3, 0.4) is 0 Å². The van der Waals surface area contributed by atoms with Gasteiger partial charge in [0.2, 0.25) is 4.77 Å². The Balaban J connectivity index is 1.80. The summed E-state index contributed by atoms with van der Waals surface area (Å²) in [6, 6.07) is 12.9. The standard InChI is InChI=1S/C20H23FN4S/c1-14-5-6-17(15(2)11-14)12-23(3)13-25-20(26)24(4)19(22-25)16-7-9-18(21)10-8-16/h5-11H,12-13H2,1-4H3/p+1. The van der Waals surface area contributed by atoms with Gasteiger partial charge in [0.15, 0.2) is 12.5 Å². The molecule has 0 amide bonds. The minimum Gasteiger partial charge on any atom is -0.315 e. The highest BCUT2D eigenvalue weighted by atomic mass is 32.1. The molecule has 1 N–H and O–H groups in total. The number of hydrogen-bond donors (Lipinski definition) is 1. The van der Waals surface area contributed by atoms with Crippen LogP contribution in [0.2, 0.25) is 0 Å². The Kier molecular flexibility index (Phi) is 5.34. The lowest BCUT2D eigenvalue weighted by Gasteiger charge is -2.15. The zero-order valence-electron chi connectivity index (χ0n) is 15.6. The van der Waals surface area contributed by atoms with E-state index in [1.807, 2.05) is 16.3 Å². The molecule has 1 aromatic heterocycles. The first kappa shape index (κ1) is 18.5. The Morgan fingerprint density at radius 1 is 1.12 bits per heavy atom. The summed E-state index contributed by atoms with van der Waals surface area (Å²) in [6.45, 7) is 5.82. The van der Waals surface area contributed by atoms with Crippen molar-refractivity contribution in [3.8, 4) is 11.4 Å². The van der Waals surface area contributed by atoms with Crippen LogP contribution in [-0.4, -0.2) is 21.4 Å². The fourth-order valence-corrected chi connectivity index (χ4v) is 3.31. The van der Waals surface area contributed by atoms with Gasteiger partial charge < -0.3 is 9.47 Å². The van der Waals surface area contributed by atoms with Crippen molar-refractivity contribution in [1.29, 1.82) is 0 Å². The molecule has 4 nitrogen and oxygen atoms in total. The molecule has 0 radical (unpaired) electrons. The number of aryl methyl sites for hydroxylation is 2. The van der Waals surface area contributed by atoms with E-state index in [4.69, 9.17) is 12.2 Å². The van der Waals surface area contributed by atoms with Crippen molar-refractivity contribution >= 4 is 12.2 Å². The maximum atomic E-state index is 13.2. The lowest BCUT2D eigenvalue weighted by Crippen LogP contribution is -3.07. The topological polar surface area (TPSA) is 27.2 Å². The first-order chi connectivity index (χ1) is 12.3. The van der Waals surface area contributed by atoms with Gasteiger partial charge in [0.05, 0.1) is 7.05 Å². The number of nitrogens with one attached hydrogen (secondary N) is 1. The molecule has 0 aliphatic heterocycles. The van der Waals surface area contributed by atoms with Gasteiger partial charge in [-0.25, -0.2) is 4.39 Å². The third kappa shape index (κ3) is 3.92. The molecule has 1 atom stereocenters. The number of quaternary nitrogens is 1. The molecular formula is C20H24FN4S+. The molecule has 3 rings (SSSR count). The number of halogens is 1. The minimum atomic E-state index is -0.257. The number of benzene rings is 2. The zero-order valence-corrected chi connectivity index (χ0v) is 16.4. The second kappa shape index (κ2) is 7.51. The van der Waals surface area contributed by atoms with E-state index in [0.717, 1.165) is 17.9 Å². The molecule has 136 valence electrons. The molecular weight excluding hydrogens is 347 g/mol. The van der Waals surface area contributed by atoms with Crippen molar-refractivity contribution in [2.24, 2.45) is 7.05 Å². The molecule has 0 aliphatic carbocycles. The largest absolute Gasteiger partial charge is 0.315 e. The van der Waals surface area contributed by atoms with E-state index >= 15 is 0 Å². The molecule has 0 fully saturated rings. The van der Waals surface area contributed by atoms with Gasteiger partial charge >= 0.3 is 0 Å². The van der Waals surface area contributed by atoms with Crippen LogP contribution in [-0.2, 0) is 20.3 Å². The van der Waals surface area contributed by atoms with Crippen LogP contribution in [0.1, 0.15) is 16.7 Å². The van der Waals surface area contributed by atoms with Gasteiger partial charge in [-0.1, -0.05) is 23.8 Å².